The van der Waals surface area contributed by atoms with E-state index < -0.39 is 0 Å². The minimum absolute atomic E-state index is 1.10. The second-order valence-corrected chi connectivity index (χ2v) is 9.21. The van der Waals surface area contributed by atoms with Crippen molar-refractivity contribution in [1.82, 2.24) is 0 Å². The van der Waals surface area contributed by atoms with E-state index in [1.807, 2.05) is 0 Å². The predicted octanol–water partition coefficient (Wildman–Crippen LogP) is 5.04. The monoisotopic (exact) mass is 290 g/mol. The van der Waals surface area contributed by atoms with Gasteiger partial charge in [-0.3, -0.25) is 0 Å². The Balaban J connectivity index is 1.38. The first-order chi connectivity index (χ1) is 9.90. The third-order valence-corrected chi connectivity index (χ3v) is 8.89. The van der Waals surface area contributed by atoms with Gasteiger partial charge in [0.15, 0.2) is 0 Å². The highest BCUT2D eigenvalue weighted by molar-refractivity contribution is 7.80. The van der Waals surface area contributed by atoms with Crippen LogP contribution in [-0.2, 0) is 0 Å². The lowest BCUT2D eigenvalue weighted by Crippen LogP contribution is -2.35. The lowest BCUT2D eigenvalue weighted by atomic mass is 9.64. The fraction of sp³-hybridized carbons (Fsp3) is 1.00. The molecule has 5 rings (SSSR count). The zero-order valence-corrected chi connectivity index (χ0v) is 13.6. The predicted molar refractivity (Wildman–Crippen MR) is 86.8 cm³/mol. The molecule has 0 aromatic rings. The minimum atomic E-state index is 1.10. The van der Waals surface area contributed by atoms with Gasteiger partial charge in [-0.15, -0.1) is 0 Å². The van der Waals surface area contributed by atoms with Gasteiger partial charge in [-0.1, -0.05) is 12.8 Å². The van der Waals surface area contributed by atoms with Crippen LogP contribution in [0.3, 0.4) is 0 Å². The Bertz CT molecular complexity index is 361. The molecule has 5 aliphatic carbocycles. The van der Waals surface area contributed by atoms with Gasteiger partial charge in [-0.05, 0) is 104 Å². The molecule has 8 unspecified atom stereocenters. The molecule has 4 bridgehead atoms. The number of rotatable bonds is 4. The molecule has 5 aliphatic rings. The Morgan fingerprint density at radius 3 is 1.95 bits per heavy atom. The first-order valence-corrected chi connectivity index (χ1v) is 10.1. The van der Waals surface area contributed by atoms with Gasteiger partial charge in [0.25, 0.3) is 0 Å². The highest BCUT2D eigenvalue weighted by Gasteiger charge is 2.68. The summed E-state index contributed by atoms with van der Waals surface area (Å²) in [5.74, 6) is 11.8. The first-order valence-electron chi connectivity index (χ1n) is 9.51. The molecular formula is C19H30S. The molecule has 0 aromatic carbocycles. The van der Waals surface area contributed by atoms with E-state index in [1.54, 1.807) is 44.9 Å². The maximum atomic E-state index is 4.41. The van der Waals surface area contributed by atoms with Crippen LogP contribution in [-0.4, -0.2) is 5.75 Å². The molecule has 0 radical (unpaired) electrons. The summed E-state index contributed by atoms with van der Waals surface area (Å²) in [5.41, 5.74) is 0. The van der Waals surface area contributed by atoms with Gasteiger partial charge in [0.05, 0.1) is 0 Å². The Morgan fingerprint density at radius 2 is 1.35 bits per heavy atom. The molecule has 0 aromatic heterocycles. The molecule has 1 heteroatoms. The molecule has 0 nitrogen and oxygen atoms in total. The van der Waals surface area contributed by atoms with Crippen molar-refractivity contribution < 1.29 is 0 Å². The smallest absolute Gasteiger partial charge is 0.00979 e. The second-order valence-electron chi connectivity index (χ2n) is 8.77. The molecule has 0 saturated heterocycles. The number of thiol groups is 1. The second kappa shape index (κ2) is 4.67. The summed E-state index contributed by atoms with van der Waals surface area (Å²) < 4.78 is 0. The third-order valence-electron chi connectivity index (χ3n) is 8.57. The standard InChI is InChI=1S/C19H30S/c20-9-2-1-4-13-14-7-8-15(13)19-17-10-16(18(14)19)11-5-3-6-12(11)17/h11-20H,1-10H2. The summed E-state index contributed by atoms with van der Waals surface area (Å²) in [6, 6.07) is 0. The normalized spacial score (nSPS) is 58.4. The zero-order valence-electron chi connectivity index (χ0n) is 12.7. The quantitative estimate of drug-likeness (QED) is 0.418. The van der Waals surface area contributed by atoms with Crippen LogP contribution in [0.5, 0.6) is 0 Å². The molecule has 0 N–H and O–H groups in total. The van der Waals surface area contributed by atoms with Crippen LogP contribution in [0.4, 0.5) is 0 Å². The summed E-state index contributed by atoms with van der Waals surface area (Å²) >= 11 is 4.41. The summed E-state index contributed by atoms with van der Waals surface area (Å²) in [6.45, 7) is 0. The van der Waals surface area contributed by atoms with Gasteiger partial charge in [-0.25, -0.2) is 0 Å². The highest BCUT2D eigenvalue weighted by atomic mass is 32.1. The number of hydrogen-bond acceptors (Lipinski definition) is 1. The van der Waals surface area contributed by atoms with Crippen LogP contribution in [0.1, 0.15) is 57.8 Å². The number of fused-ring (bicyclic) bond motifs is 12. The maximum Gasteiger partial charge on any atom is -0.00979 e. The van der Waals surface area contributed by atoms with E-state index >= 15 is 0 Å². The van der Waals surface area contributed by atoms with Crippen LogP contribution < -0.4 is 0 Å². The van der Waals surface area contributed by atoms with Gasteiger partial charge in [0, 0.05) is 0 Å². The van der Waals surface area contributed by atoms with Crippen molar-refractivity contribution in [3.8, 4) is 0 Å². The van der Waals surface area contributed by atoms with Crippen molar-refractivity contribution in [2.24, 2.45) is 53.3 Å². The lowest BCUT2D eigenvalue weighted by Gasteiger charge is -2.40. The topological polar surface area (TPSA) is 0 Å². The van der Waals surface area contributed by atoms with E-state index in [9.17, 15) is 0 Å². The molecule has 112 valence electrons. The summed E-state index contributed by atoms with van der Waals surface area (Å²) in [5, 5.41) is 0. The molecule has 20 heavy (non-hydrogen) atoms. The number of hydrogen-bond donors (Lipinski definition) is 1. The molecule has 5 fully saturated rings. The van der Waals surface area contributed by atoms with Crippen molar-refractivity contribution in [3.63, 3.8) is 0 Å². The average molecular weight is 291 g/mol. The molecule has 0 spiro atoms. The zero-order chi connectivity index (χ0) is 13.3. The fourth-order valence-corrected chi connectivity index (χ4v) is 8.64. The molecule has 8 atom stereocenters. The van der Waals surface area contributed by atoms with Gasteiger partial charge in [0.1, 0.15) is 0 Å². The Morgan fingerprint density at radius 1 is 0.700 bits per heavy atom. The largest absolute Gasteiger partial charge is 0.179 e. The number of unbranched alkanes of at least 4 members (excludes halogenated alkanes) is 1. The Hall–Kier alpha value is 0.350. The van der Waals surface area contributed by atoms with Gasteiger partial charge >= 0.3 is 0 Å². The van der Waals surface area contributed by atoms with E-state index in [1.165, 1.54) is 60.2 Å². The summed E-state index contributed by atoms with van der Waals surface area (Å²) in [4.78, 5) is 0. The minimum Gasteiger partial charge on any atom is -0.179 e. The summed E-state index contributed by atoms with van der Waals surface area (Å²) in [6.07, 6.45) is 14.0. The molecule has 0 aliphatic heterocycles. The lowest BCUT2D eigenvalue weighted by molar-refractivity contribution is 0.0716. The van der Waals surface area contributed by atoms with Gasteiger partial charge in [-0.2, -0.15) is 12.6 Å². The average Bonchev–Trinajstić information content (AvgIpc) is 3.21. The van der Waals surface area contributed by atoms with E-state index in [0.717, 1.165) is 11.7 Å². The van der Waals surface area contributed by atoms with Crippen LogP contribution in [0.25, 0.3) is 0 Å². The van der Waals surface area contributed by atoms with Crippen molar-refractivity contribution in [1.29, 1.82) is 0 Å². The van der Waals surface area contributed by atoms with Crippen molar-refractivity contribution >= 4 is 12.6 Å². The van der Waals surface area contributed by atoms with Crippen molar-refractivity contribution in [2.75, 3.05) is 5.75 Å². The Kier molecular flexibility index (Phi) is 3.00. The van der Waals surface area contributed by atoms with Crippen LogP contribution >= 0.6 is 12.6 Å². The van der Waals surface area contributed by atoms with E-state index in [4.69, 9.17) is 0 Å². The first kappa shape index (κ1) is 12.9. The highest BCUT2D eigenvalue weighted by Crippen LogP contribution is 2.74. The summed E-state index contributed by atoms with van der Waals surface area (Å²) in [7, 11) is 0. The SMILES string of the molecule is SCCCCC1C2CCC1C1C3CC(C4CCCC43)C21. The van der Waals surface area contributed by atoms with E-state index in [-0.39, 0.29) is 0 Å². The molecule has 0 heterocycles. The third kappa shape index (κ3) is 1.52. The molecular weight excluding hydrogens is 260 g/mol. The van der Waals surface area contributed by atoms with E-state index in [2.05, 4.69) is 12.6 Å². The van der Waals surface area contributed by atoms with Crippen LogP contribution in [0, 0.1) is 53.3 Å². The Labute approximate surface area is 129 Å². The van der Waals surface area contributed by atoms with E-state index in [0.29, 0.717) is 0 Å². The van der Waals surface area contributed by atoms with Gasteiger partial charge < -0.3 is 0 Å². The molecule has 0 amide bonds. The van der Waals surface area contributed by atoms with Crippen molar-refractivity contribution in [3.05, 3.63) is 0 Å². The van der Waals surface area contributed by atoms with Crippen LogP contribution in [0.15, 0.2) is 0 Å². The fourth-order valence-electron chi connectivity index (χ4n) is 8.41. The molecule has 5 saturated carbocycles. The van der Waals surface area contributed by atoms with Crippen LogP contribution in [0.2, 0.25) is 0 Å². The van der Waals surface area contributed by atoms with Gasteiger partial charge in [0.2, 0.25) is 0 Å². The maximum absolute atomic E-state index is 4.41. The van der Waals surface area contributed by atoms with Crippen molar-refractivity contribution in [2.45, 2.75) is 57.8 Å².